The van der Waals surface area contributed by atoms with Crippen molar-refractivity contribution in [3.05, 3.63) is 65.7 Å². The van der Waals surface area contributed by atoms with E-state index in [0.717, 1.165) is 17.4 Å². The molecule has 0 saturated heterocycles. The second kappa shape index (κ2) is 7.39. The Balaban J connectivity index is 1.93. The Hall–Kier alpha value is -3.15. The third kappa shape index (κ3) is 3.44. The van der Waals surface area contributed by atoms with Gasteiger partial charge in [0.2, 0.25) is 0 Å². The molecule has 0 radical (unpaired) electrons. The maximum atomic E-state index is 13.0. The minimum Gasteiger partial charge on any atom is -0.477 e. The Morgan fingerprint density at radius 2 is 2.00 bits per heavy atom. The maximum Gasteiger partial charge on any atom is 0.354 e. The zero-order valence-electron chi connectivity index (χ0n) is 14.7. The summed E-state index contributed by atoms with van der Waals surface area (Å²) in [4.78, 5) is 29.6. The van der Waals surface area contributed by atoms with Gasteiger partial charge in [-0.15, -0.1) is 0 Å². The molecule has 3 rings (SSSR count). The third-order valence-electron chi connectivity index (χ3n) is 4.28. The molecule has 6 heteroatoms. The van der Waals surface area contributed by atoms with Crippen LogP contribution >= 0.6 is 0 Å². The molecule has 0 fully saturated rings. The molecule has 26 heavy (non-hydrogen) atoms. The van der Waals surface area contributed by atoms with Crippen LogP contribution in [0.5, 0.6) is 0 Å². The first-order valence-electron chi connectivity index (χ1n) is 8.50. The molecule has 0 saturated carbocycles. The Morgan fingerprint density at radius 1 is 1.23 bits per heavy atom. The van der Waals surface area contributed by atoms with Crippen LogP contribution in [0.15, 0.2) is 53.1 Å². The number of amides is 1. The summed E-state index contributed by atoms with van der Waals surface area (Å²) in [6.45, 7) is 4.42. The standard InChI is InChI=1S/C20H20N2O4/c1-3-10-22(19(23)15-8-9-21-16(11-15)20(24)25)13(2)18-12-14-6-4-5-7-17(14)26-18/h4-9,11-13H,3,10H2,1-2H3,(H,24,25). The Labute approximate surface area is 151 Å². The molecule has 6 nitrogen and oxygen atoms in total. The number of nitrogens with zero attached hydrogens (tertiary/aromatic N) is 2. The van der Waals surface area contributed by atoms with Crippen LogP contribution in [0, 0.1) is 0 Å². The van der Waals surface area contributed by atoms with Crippen molar-refractivity contribution in [3.8, 4) is 0 Å². The fourth-order valence-corrected chi connectivity index (χ4v) is 2.92. The molecule has 0 spiro atoms. The number of carboxylic acids is 1. The molecule has 1 aromatic carbocycles. The number of rotatable bonds is 6. The number of carboxylic acid groups (broad SMARTS) is 1. The number of aromatic nitrogens is 1. The Kier molecular flexibility index (Phi) is 5.02. The molecule has 1 atom stereocenters. The molecule has 0 aliphatic heterocycles. The third-order valence-corrected chi connectivity index (χ3v) is 4.28. The number of fused-ring (bicyclic) bond motifs is 1. The molecule has 0 bridgehead atoms. The van der Waals surface area contributed by atoms with E-state index in [1.54, 1.807) is 4.90 Å². The minimum absolute atomic E-state index is 0.149. The number of benzene rings is 1. The van der Waals surface area contributed by atoms with Crippen LogP contribution in [0.2, 0.25) is 0 Å². The summed E-state index contributed by atoms with van der Waals surface area (Å²) >= 11 is 0. The lowest BCUT2D eigenvalue weighted by Crippen LogP contribution is -2.34. The van der Waals surface area contributed by atoms with Crippen molar-refractivity contribution in [2.24, 2.45) is 0 Å². The zero-order chi connectivity index (χ0) is 18.7. The molecule has 1 amide bonds. The predicted octanol–water partition coefficient (Wildman–Crippen LogP) is 4.14. The van der Waals surface area contributed by atoms with E-state index in [9.17, 15) is 9.59 Å². The molecule has 3 aromatic rings. The van der Waals surface area contributed by atoms with Crippen LogP contribution in [-0.4, -0.2) is 33.4 Å². The van der Waals surface area contributed by atoms with Gasteiger partial charge in [0, 0.05) is 23.7 Å². The van der Waals surface area contributed by atoms with Crippen molar-refractivity contribution in [3.63, 3.8) is 0 Å². The normalized spacial score (nSPS) is 12.1. The molecule has 134 valence electrons. The maximum absolute atomic E-state index is 13.0. The molecule has 2 heterocycles. The predicted molar refractivity (Wildman–Crippen MR) is 97.2 cm³/mol. The van der Waals surface area contributed by atoms with Crippen LogP contribution < -0.4 is 0 Å². The number of pyridine rings is 1. The van der Waals surface area contributed by atoms with Gasteiger partial charge in [-0.3, -0.25) is 4.79 Å². The smallest absolute Gasteiger partial charge is 0.354 e. The number of para-hydroxylation sites is 1. The van der Waals surface area contributed by atoms with Crippen molar-refractivity contribution >= 4 is 22.8 Å². The summed E-state index contributed by atoms with van der Waals surface area (Å²) < 4.78 is 5.90. The highest BCUT2D eigenvalue weighted by Crippen LogP contribution is 2.28. The van der Waals surface area contributed by atoms with Crippen molar-refractivity contribution in [1.29, 1.82) is 0 Å². The minimum atomic E-state index is -1.16. The Bertz CT molecular complexity index is 915. The van der Waals surface area contributed by atoms with Gasteiger partial charge in [-0.25, -0.2) is 9.78 Å². The van der Waals surface area contributed by atoms with E-state index >= 15 is 0 Å². The molecule has 2 aromatic heterocycles. The van der Waals surface area contributed by atoms with Crippen molar-refractivity contribution in [2.75, 3.05) is 6.54 Å². The van der Waals surface area contributed by atoms with E-state index < -0.39 is 5.97 Å². The van der Waals surface area contributed by atoms with Crippen LogP contribution in [0.3, 0.4) is 0 Å². The monoisotopic (exact) mass is 352 g/mol. The molecule has 0 aliphatic carbocycles. The number of aromatic carboxylic acids is 1. The van der Waals surface area contributed by atoms with Crippen LogP contribution in [0.4, 0.5) is 0 Å². The average Bonchev–Trinajstić information content (AvgIpc) is 3.09. The van der Waals surface area contributed by atoms with Gasteiger partial charge in [-0.2, -0.15) is 0 Å². The van der Waals surface area contributed by atoms with Gasteiger partial charge in [0.25, 0.3) is 5.91 Å². The van der Waals surface area contributed by atoms with E-state index in [-0.39, 0.29) is 17.6 Å². The number of hydrogen-bond donors (Lipinski definition) is 1. The summed E-state index contributed by atoms with van der Waals surface area (Å²) in [5.41, 5.74) is 0.924. The topological polar surface area (TPSA) is 83.6 Å². The summed E-state index contributed by atoms with van der Waals surface area (Å²) in [6.07, 6.45) is 2.11. The highest BCUT2D eigenvalue weighted by atomic mass is 16.4. The van der Waals surface area contributed by atoms with E-state index in [2.05, 4.69) is 4.98 Å². The largest absolute Gasteiger partial charge is 0.477 e. The van der Waals surface area contributed by atoms with Gasteiger partial charge in [-0.1, -0.05) is 25.1 Å². The summed E-state index contributed by atoms with van der Waals surface area (Å²) in [5.74, 6) is -0.711. The van der Waals surface area contributed by atoms with E-state index in [4.69, 9.17) is 9.52 Å². The first-order valence-corrected chi connectivity index (χ1v) is 8.50. The molecule has 1 N–H and O–H groups in total. The van der Waals surface area contributed by atoms with Crippen molar-refractivity contribution < 1.29 is 19.1 Å². The molecule has 1 unspecified atom stereocenters. The molecular weight excluding hydrogens is 332 g/mol. The second-order valence-corrected chi connectivity index (χ2v) is 6.10. The van der Waals surface area contributed by atoms with E-state index in [1.807, 2.05) is 44.2 Å². The SMILES string of the molecule is CCCN(C(=O)c1ccnc(C(=O)O)c1)C(C)c1cc2ccccc2o1. The van der Waals surface area contributed by atoms with Crippen molar-refractivity contribution in [1.82, 2.24) is 9.88 Å². The average molecular weight is 352 g/mol. The lowest BCUT2D eigenvalue weighted by molar-refractivity contribution is 0.0672. The number of furan rings is 1. The fraction of sp³-hybridized carbons (Fsp3) is 0.250. The molecule has 0 aliphatic rings. The number of hydrogen-bond acceptors (Lipinski definition) is 4. The van der Waals surface area contributed by atoms with Gasteiger partial charge in [0.05, 0.1) is 6.04 Å². The summed E-state index contributed by atoms with van der Waals surface area (Å²) in [6, 6.07) is 12.2. The first-order chi connectivity index (χ1) is 12.5. The highest BCUT2D eigenvalue weighted by Gasteiger charge is 2.25. The lowest BCUT2D eigenvalue weighted by atomic mass is 10.1. The van der Waals surface area contributed by atoms with Gasteiger partial charge in [-0.05, 0) is 37.6 Å². The lowest BCUT2D eigenvalue weighted by Gasteiger charge is -2.27. The summed E-state index contributed by atoms with van der Waals surface area (Å²) in [5, 5.41) is 10.1. The zero-order valence-corrected chi connectivity index (χ0v) is 14.7. The highest BCUT2D eigenvalue weighted by molar-refractivity contribution is 5.97. The van der Waals surface area contributed by atoms with Gasteiger partial charge < -0.3 is 14.4 Å². The fourth-order valence-electron chi connectivity index (χ4n) is 2.92. The van der Waals surface area contributed by atoms with Gasteiger partial charge in [0.1, 0.15) is 17.0 Å². The Morgan fingerprint density at radius 3 is 2.69 bits per heavy atom. The van der Waals surface area contributed by atoms with Crippen molar-refractivity contribution in [2.45, 2.75) is 26.3 Å². The quantitative estimate of drug-likeness (QED) is 0.721. The number of carbonyl (C=O) groups is 2. The first kappa shape index (κ1) is 17.7. The summed E-state index contributed by atoms with van der Waals surface area (Å²) in [7, 11) is 0. The second-order valence-electron chi connectivity index (χ2n) is 6.10. The van der Waals surface area contributed by atoms with E-state index in [0.29, 0.717) is 17.9 Å². The van der Waals surface area contributed by atoms with Gasteiger partial charge in [0.15, 0.2) is 0 Å². The van der Waals surface area contributed by atoms with E-state index in [1.165, 1.54) is 18.3 Å². The van der Waals surface area contributed by atoms with Crippen LogP contribution in [0.1, 0.15) is 52.9 Å². The molecular formula is C20H20N2O4. The van der Waals surface area contributed by atoms with Crippen LogP contribution in [0.25, 0.3) is 11.0 Å². The van der Waals surface area contributed by atoms with Crippen LogP contribution in [-0.2, 0) is 0 Å². The van der Waals surface area contributed by atoms with Gasteiger partial charge >= 0.3 is 5.97 Å². The number of carbonyl (C=O) groups excluding carboxylic acids is 1.